The van der Waals surface area contributed by atoms with Crippen LogP contribution in [0.5, 0.6) is 0 Å². The average Bonchev–Trinajstić information content (AvgIpc) is 4.00. The van der Waals surface area contributed by atoms with Gasteiger partial charge in [-0.25, -0.2) is 9.97 Å². The normalized spacial score (nSPS) is 12.6. The van der Waals surface area contributed by atoms with E-state index < -0.39 is 0 Å². The molecule has 0 fully saturated rings. The summed E-state index contributed by atoms with van der Waals surface area (Å²) in [6.07, 6.45) is 7.52. The maximum absolute atomic E-state index is 5.37. The van der Waals surface area contributed by atoms with Crippen molar-refractivity contribution in [3.63, 3.8) is 0 Å². The van der Waals surface area contributed by atoms with Crippen molar-refractivity contribution in [2.75, 3.05) is 0 Å². The number of benzene rings is 9. The summed E-state index contributed by atoms with van der Waals surface area (Å²) in [4.78, 5) is 19.6. The van der Waals surface area contributed by atoms with Gasteiger partial charge in [0.1, 0.15) is 0 Å². The van der Waals surface area contributed by atoms with Gasteiger partial charge in [0, 0.05) is 78.2 Å². The third-order valence-electron chi connectivity index (χ3n) is 15.1. The first-order chi connectivity index (χ1) is 36.4. The fourth-order valence-electron chi connectivity index (χ4n) is 11.2. The van der Waals surface area contributed by atoms with Crippen molar-refractivity contribution in [1.82, 2.24) is 19.9 Å². The van der Waals surface area contributed by atoms with E-state index in [1.54, 1.807) is 0 Å². The Bertz CT molecular complexity index is 4250. The van der Waals surface area contributed by atoms with Crippen LogP contribution in [0.1, 0.15) is 25.0 Å². The van der Waals surface area contributed by atoms with E-state index >= 15 is 0 Å². The van der Waals surface area contributed by atoms with E-state index in [2.05, 4.69) is 230 Å². The van der Waals surface area contributed by atoms with Crippen molar-refractivity contribution in [2.45, 2.75) is 19.3 Å². The van der Waals surface area contributed by atoms with Crippen molar-refractivity contribution in [3.8, 4) is 101 Å². The number of hydrogen-bond acceptors (Lipinski definition) is 5. The number of pyridine rings is 2. The van der Waals surface area contributed by atoms with Crippen LogP contribution in [0.25, 0.3) is 132 Å². The van der Waals surface area contributed by atoms with E-state index in [0.717, 1.165) is 61.5 Å². The molecule has 0 unspecified atom stereocenters. The molecule has 74 heavy (non-hydrogen) atoms. The molecule has 13 aromatic rings. The van der Waals surface area contributed by atoms with Crippen LogP contribution >= 0.6 is 11.3 Å². The molecule has 1 aliphatic rings. The second kappa shape index (κ2) is 17.6. The van der Waals surface area contributed by atoms with Crippen LogP contribution in [0.3, 0.4) is 0 Å². The molecular formula is C69H46N4S. The number of thiophene rings is 1. The number of aromatic nitrogens is 4. The van der Waals surface area contributed by atoms with E-state index in [-0.39, 0.29) is 5.41 Å². The number of rotatable bonds is 8. The second-order valence-electron chi connectivity index (χ2n) is 19.9. The second-order valence-corrected chi connectivity index (χ2v) is 20.9. The number of nitrogens with zero attached hydrogens (tertiary/aromatic N) is 4. The van der Waals surface area contributed by atoms with E-state index in [1.807, 2.05) is 48.3 Å². The van der Waals surface area contributed by atoms with E-state index in [4.69, 9.17) is 9.97 Å². The van der Waals surface area contributed by atoms with Crippen molar-refractivity contribution < 1.29 is 0 Å². The Morgan fingerprint density at radius 1 is 0.324 bits per heavy atom. The van der Waals surface area contributed by atoms with Crippen molar-refractivity contribution in [1.29, 1.82) is 0 Å². The summed E-state index contributed by atoms with van der Waals surface area (Å²) in [6, 6.07) is 79.2. The van der Waals surface area contributed by atoms with Crippen molar-refractivity contribution >= 4 is 42.3 Å². The molecule has 0 spiro atoms. The van der Waals surface area contributed by atoms with Gasteiger partial charge in [-0.05, 0) is 126 Å². The largest absolute Gasteiger partial charge is 0.264 e. The lowest BCUT2D eigenvalue weighted by Crippen LogP contribution is -2.15. The zero-order valence-corrected chi connectivity index (χ0v) is 41.6. The molecule has 0 amide bonds. The first kappa shape index (κ1) is 43.6. The minimum atomic E-state index is -0.148. The predicted molar refractivity (Wildman–Crippen MR) is 309 cm³/mol. The molecule has 4 heterocycles. The topological polar surface area (TPSA) is 51.6 Å². The molecule has 5 heteroatoms. The highest BCUT2D eigenvalue weighted by molar-refractivity contribution is 7.26. The van der Waals surface area contributed by atoms with Gasteiger partial charge in [0.15, 0.2) is 5.82 Å². The molecule has 0 saturated heterocycles. The van der Waals surface area contributed by atoms with Gasteiger partial charge < -0.3 is 0 Å². The lowest BCUT2D eigenvalue weighted by Gasteiger charge is -2.21. The summed E-state index contributed by atoms with van der Waals surface area (Å²) in [6.45, 7) is 4.65. The zero-order valence-electron chi connectivity index (χ0n) is 40.8. The Morgan fingerprint density at radius 2 is 0.851 bits per heavy atom. The molecule has 4 nitrogen and oxygen atoms in total. The molecule has 0 aliphatic heterocycles. The molecular weight excluding hydrogens is 917 g/mol. The maximum atomic E-state index is 5.37. The van der Waals surface area contributed by atoms with Crippen LogP contribution in [0.2, 0.25) is 0 Å². The predicted octanol–water partition coefficient (Wildman–Crippen LogP) is 18.4. The van der Waals surface area contributed by atoms with Gasteiger partial charge in [-0.3, -0.25) is 9.97 Å². The van der Waals surface area contributed by atoms with Gasteiger partial charge in [0.25, 0.3) is 0 Å². The van der Waals surface area contributed by atoms with E-state index in [1.165, 1.54) is 75.5 Å². The van der Waals surface area contributed by atoms with Crippen LogP contribution in [0.4, 0.5) is 0 Å². The molecule has 0 N–H and O–H groups in total. The molecule has 14 rings (SSSR count). The van der Waals surface area contributed by atoms with E-state index in [9.17, 15) is 0 Å². The number of hydrogen-bond donors (Lipinski definition) is 0. The summed E-state index contributed by atoms with van der Waals surface area (Å²) in [5.41, 5.74) is 21.4. The zero-order chi connectivity index (χ0) is 49.3. The molecule has 9 aromatic carbocycles. The summed E-state index contributed by atoms with van der Waals surface area (Å²) in [5, 5.41) is 4.97. The molecule has 0 saturated carbocycles. The van der Waals surface area contributed by atoms with Crippen LogP contribution in [0.15, 0.2) is 243 Å². The van der Waals surface area contributed by atoms with Crippen LogP contribution < -0.4 is 0 Å². The summed E-state index contributed by atoms with van der Waals surface area (Å²) >= 11 is 1.87. The first-order valence-corrected chi connectivity index (χ1v) is 26.0. The fourth-order valence-corrected chi connectivity index (χ4v) is 12.6. The Kier molecular flexibility index (Phi) is 10.3. The molecule has 1 aliphatic carbocycles. The minimum absolute atomic E-state index is 0.148. The Labute approximate surface area is 434 Å². The highest BCUT2D eigenvalue weighted by Crippen LogP contribution is 2.50. The standard InChI is InChI=1S/C69H46N4S/c1-69(2)62-20-6-5-15-58(62)59-32-31-50(39-63(59)69)68-72-64(46-26-21-44(22-27-46)49-30-23-43-11-3-4-12-48(43)35-49)40-65(73-68)47-28-24-45(25-29-47)56-16-7-18-60-61-19-8-17-57(67(61)74-66(56)60)55-37-53(51-13-9-33-70-41-51)36-54(38-55)52-14-10-34-71-42-52/h3-42H,1-2H3. The van der Waals surface area contributed by atoms with Gasteiger partial charge in [0.05, 0.1) is 11.4 Å². The van der Waals surface area contributed by atoms with Gasteiger partial charge in [-0.1, -0.05) is 184 Å². The summed E-state index contributed by atoms with van der Waals surface area (Å²) in [7, 11) is 0. The average molecular weight is 963 g/mol. The maximum Gasteiger partial charge on any atom is 0.160 e. The Balaban J connectivity index is 0.854. The van der Waals surface area contributed by atoms with Crippen molar-refractivity contribution in [3.05, 3.63) is 254 Å². The van der Waals surface area contributed by atoms with Crippen LogP contribution in [-0.2, 0) is 5.41 Å². The van der Waals surface area contributed by atoms with E-state index in [0.29, 0.717) is 5.82 Å². The smallest absolute Gasteiger partial charge is 0.160 e. The van der Waals surface area contributed by atoms with Crippen molar-refractivity contribution in [2.24, 2.45) is 0 Å². The molecule has 348 valence electrons. The van der Waals surface area contributed by atoms with Gasteiger partial charge in [0.2, 0.25) is 0 Å². The Morgan fingerprint density at radius 3 is 1.50 bits per heavy atom. The van der Waals surface area contributed by atoms with Crippen LogP contribution in [0, 0.1) is 0 Å². The molecule has 0 bridgehead atoms. The quantitative estimate of drug-likeness (QED) is 0.152. The summed E-state index contributed by atoms with van der Waals surface area (Å²) in [5.74, 6) is 0.708. The third-order valence-corrected chi connectivity index (χ3v) is 16.4. The van der Waals surface area contributed by atoms with Gasteiger partial charge >= 0.3 is 0 Å². The lowest BCUT2D eigenvalue weighted by molar-refractivity contribution is 0.660. The molecule has 4 aromatic heterocycles. The first-order valence-electron chi connectivity index (χ1n) is 25.1. The van der Waals surface area contributed by atoms with Crippen LogP contribution in [-0.4, -0.2) is 19.9 Å². The SMILES string of the molecule is CC1(C)c2ccccc2-c2ccc(-c3nc(-c4ccc(-c5ccc6ccccc6c5)cc4)cc(-c4ccc(-c5cccc6c5sc5c(-c7cc(-c8cccnc8)cc(-c8cccnc8)c7)cccc56)cc4)n3)cc21. The van der Waals surface area contributed by atoms with Gasteiger partial charge in [-0.2, -0.15) is 0 Å². The fraction of sp³-hybridized carbons (Fsp3) is 0.0435. The highest BCUT2D eigenvalue weighted by Gasteiger charge is 2.35. The van der Waals surface area contributed by atoms with Gasteiger partial charge in [-0.15, -0.1) is 11.3 Å². The Hall–Kier alpha value is -9.16. The monoisotopic (exact) mass is 962 g/mol. The summed E-state index contributed by atoms with van der Waals surface area (Å²) < 4.78 is 2.52. The number of fused-ring (bicyclic) bond motifs is 7. The highest BCUT2D eigenvalue weighted by atomic mass is 32.1. The minimum Gasteiger partial charge on any atom is -0.264 e. The third kappa shape index (κ3) is 7.51. The molecule has 0 radical (unpaired) electrons. The lowest BCUT2D eigenvalue weighted by atomic mass is 9.82. The molecule has 0 atom stereocenters.